The normalized spacial score (nSPS) is 13.2. The number of rotatable bonds is 5. The SMILES string of the molecule is CSC(C)(C)CNC(=O)NC(C)c1nc(C)cs1. The molecule has 0 saturated carbocycles. The number of carbonyl (C=O) groups excluding carboxylic acids is 1. The third-order valence-electron chi connectivity index (χ3n) is 2.58. The van der Waals surface area contributed by atoms with Gasteiger partial charge in [-0.25, -0.2) is 9.78 Å². The van der Waals surface area contributed by atoms with E-state index in [0.717, 1.165) is 10.7 Å². The van der Waals surface area contributed by atoms with Crippen LogP contribution in [0.2, 0.25) is 0 Å². The van der Waals surface area contributed by atoms with E-state index in [-0.39, 0.29) is 16.8 Å². The number of nitrogens with one attached hydrogen (secondary N) is 2. The first kappa shape index (κ1) is 15.3. The molecule has 2 N–H and O–H groups in total. The Hall–Kier alpha value is -0.750. The fraction of sp³-hybridized carbons (Fsp3) is 0.667. The Labute approximate surface area is 117 Å². The second kappa shape index (κ2) is 6.43. The van der Waals surface area contributed by atoms with Gasteiger partial charge in [-0.3, -0.25) is 0 Å². The van der Waals surface area contributed by atoms with Gasteiger partial charge in [-0.15, -0.1) is 11.3 Å². The molecule has 0 aliphatic heterocycles. The predicted octanol–water partition coefficient (Wildman–Crippen LogP) is 2.95. The van der Waals surface area contributed by atoms with Crippen LogP contribution < -0.4 is 10.6 Å². The van der Waals surface area contributed by atoms with Crippen molar-refractivity contribution in [1.29, 1.82) is 0 Å². The summed E-state index contributed by atoms with van der Waals surface area (Å²) in [6, 6.07) is -0.196. The van der Waals surface area contributed by atoms with Crippen LogP contribution in [-0.2, 0) is 0 Å². The first-order valence-corrected chi connectivity index (χ1v) is 7.96. The third kappa shape index (κ3) is 4.86. The minimum atomic E-state index is -0.141. The van der Waals surface area contributed by atoms with Crippen LogP contribution in [0.5, 0.6) is 0 Å². The minimum absolute atomic E-state index is 0.0539. The van der Waals surface area contributed by atoms with Gasteiger partial charge in [0.05, 0.1) is 6.04 Å². The van der Waals surface area contributed by atoms with Crippen molar-refractivity contribution in [2.45, 2.75) is 38.5 Å². The summed E-state index contributed by atoms with van der Waals surface area (Å²) in [5.74, 6) is 0. The van der Waals surface area contributed by atoms with E-state index in [9.17, 15) is 4.79 Å². The average Bonchev–Trinajstić information content (AvgIpc) is 2.73. The molecule has 1 aromatic heterocycles. The Kier molecular flexibility index (Phi) is 5.47. The molecule has 1 aromatic rings. The number of hydrogen-bond acceptors (Lipinski definition) is 4. The average molecular weight is 287 g/mol. The second-order valence-electron chi connectivity index (χ2n) is 4.84. The zero-order chi connectivity index (χ0) is 13.8. The largest absolute Gasteiger partial charge is 0.337 e. The summed E-state index contributed by atoms with van der Waals surface area (Å²) in [5, 5.41) is 8.71. The van der Waals surface area contributed by atoms with Gasteiger partial charge >= 0.3 is 6.03 Å². The number of amides is 2. The van der Waals surface area contributed by atoms with Gasteiger partial charge in [-0.05, 0) is 34.0 Å². The molecule has 0 aromatic carbocycles. The van der Waals surface area contributed by atoms with Crippen molar-refractivity contribution in [3.05, 3.63) is 16.1 Å². The van der Waals surface area contributed by atoms with E-state index in [4.69, 9.17) is 0 Å². The lowest BCUT2D eigenvalue weighted by molar-refractivity contribution is 0.237. The van der Waals surface area contributed by atoms with Crippen LogP contribution in [0.3, 0.4) is 0 Å². The number of thiazole rings is 1. The highest BCUT2D eigenvalue weighted by atomic mass is 32.2. The zero-order valence-corrected chi connectivity index (χ0v) is 13.2. The van der Waals surface area contributed by atoms with E-state index in [2.05, 4.69) is 29.5 Å². The van der Waals surface area contributed by atoms with Crippen LogP contribution in [0.15, 0.2) is 5.38 Å². The van der Waals surface area contributed by atoms with Crippen molar-refractivity contribution in [3.8, 4) is 0 Å². The maximum Gasteiger partial charge on any atom is 0.315 e. The topological polar surface area (TPSA) is 54.0 Å². The van der Waals surface area contributed by atoms with Gasteiger partial charge in [-0.2, -0.15) is 11.8 Å². The summed E-state index contributed by atoms with van der Waals surface area (Å²) >= 11 is 3.30. The van der Waals surface area contributed by atoms with Crippen molar-refractivity contribution >= 4 is 29.1 Å². The number of hydrogen-bond donors (Lipinski definition) is 2. The molecular formula is C12H21N3OS2. The fourth-order valence-corrected chi connectivity index (χ4v) is 2.27. The summed E-state index contributed by atoms with van der Waals surface area (Å²) in [4.78, 5) is 16.1. The number of nitrogens with zero attached hydrogens (tertiary/aromatic N) is 1. The lowest BCUT2D eigenvalue weighted by Gasteiger charge is -2.23. The van der Waals surface area contributed by atoms with Gasteiger partial charge in [0.1, 0.15) is 5.01 Å². The highest BCUT2D eigenvalue weighted by Crippen LogP contribution is 2.20. The van der Waals surface area contributed by atoms with E-state index in [0.29, 0.717) is 6.54 Å². The van der Waals surface area contributed by atoms with E-state index < -0.39 is 0 Å². The monoisotopic (exact) mass is 287 g/mol. The van der Waals surface area contributed by atoms with Crippen LogP contribution in [0.25, 0.3) is 0 Å². The van der Waals surface area contributed by atoms with E-state index in [1.165, 1.54) is 0 Å². The molecule has 102 valence electrons. The Morgan fingerprint density at radius 3 is 2.78 bits per heavy atom. The molecule has 0 bridgehead atoms. The second-order valence-corrected chi connectivity index (χ2v) is 7.24. The number of aromatic nitrogens is 1. The van der Waals surface area contributed by atoms with Crippen molar-refractivity contribution in [2.75, 3.05) is 12.8 Å². The van der Waals surface area contributed by atoms with E-state index in [1.807, 2.05) is 25.5 Å². The molecule has 1 atom stereocenters. The molecule has 1 heterocycles. The van der Waals surface area contributed by atoms with Crippen molar-refractivity contribution < 1.29 is 4.79 Å². The van der Waals surface area contributed by atoms with Crippen molar-refractivity contribution in [3.63, 3.8) is 0 Å². The molecule has 0 fully saturated rings. The van der Waals surface area contributed by atoms with Gasteiger partial charge in [0.2, 0.25) is 0 Å². The van der Waals surface area contributed by atoms with E-state index >= 15 is 0 Å². The van der Waals surface area contributed by atoms with Crippen LogP contribution in [0.1, 0.15) is 37.5 Å². The lowest BCUT2D eigenvalue weighted by atomic mass is 10.2. The number of carbonyl (C=O) groups is 1. The number of urea groups is 1. The molecule has 2 amide bonds. The van der Waals surface area contributed by atoms with Gasteiger partial charge < -0.3 is 10.6 Å². The molecular weight excluding hydrogens is 266 g/mol. The number of thioether (sulfide) groups is 1. The highest BCUT2D eigenvalue weighted by Gasteiger charge is 2.18. The Morgan fingerprint density at radius 1 is 1.61 bits per heavy atom. The molecule has 0 aliphatic carbocycles. The fourth-order valence-electron chi connectivity index (χ4n) is 1.25. The summed E-state index contributed by atoms with van der Waals surface area (Å²) in [6.45, 7) is 8.74. The van der Waals surface area contributed by atoms with Gasteiger partial charge in [0, 0.05) is 22.4 Å². The molecule has 0 aliphatic rings. The maximum atomic E-state index is 11.7. The summed E-state index contributed by atoms with van der Waals surface area (Å²) < 4.78 is 0.0539. The summed E-state index contributed by atoms with van der Waals surface area (Å²) in [7, 11) is 0. The first-order chi connectivity index (χ1) is 8.34. The van der Waals surface area contributed by atoms with Crippen LogP contribution in [0, 0.1) is 6.92 Å². The zero-order valence-electron chi connectivity index (χ0n) is 11.5. The van der Waals surface area contributed by atoms with Crippen LogP contribution in [-0.4, -0.2) is 28.6 Å². The molecule has 6 heteroatoms. The van der Waals surface area contributed by atoms with Crippen LogP contribution in [0.4, 0.5) is 4.79 Å². The maximum absolute atomic E-state index is 11.7. The Balaban J connectivity index is 2.41. The van der Waals surface area contributed by atoms with Gasteiger partial charge in [0.15, 0.2) is 0 Å². The molecule has 18 heavy (non-hydrogen) atoms. The van der Waals surface area contributed by atoms with Gasteiger partial charge in [-0.1, -0.05) is 0 Å². The Bertz CT molecular complexity index is 404. The van der Waals surface area contributed by atoms with Crippen LogP contribution >= 0.6 is 23.1 Å². The quantitative estimate of drug-likeness (QED) is 0.875. The third-order valence-corrected chi connectivity index (χ3v) is 4.98. The molecule has 0 saturated heterocycles. The van der Waals surface area contributed by atoms with Gasteiger partial charge in [0.25, 0.3) is 0 Å². The number of aryl methyl sites for hydroxylation is 1. The molecule has 1 rings (SSSR count). The molecule has 1 unspecified atom stereocenters. The highest BCUT2D eigenvalue weighted by molar-refractivity contribution is 7.99. The smallest absolute Gasteiger partial charge is 0.315 e. The predicted molar refractivity (Wildman–Crippen MR) is 79.4 cm³/mol. The van der Waals surface area contributed by atoms with Crippen molar-refractivity contribution in [2.24, 2.45) is 0 Å². The molecule has 0 spiro atoms. The summed E-state index contributed by atoms with van der Waals surface area (Å²) in [5.41, 5.74) is 0.993. The standard InChI is InChI=1S/C12H21N3OS2/c1-8-6-18-10(14-8)9(2)15-11(16)13-7-12(3,4)17-5/h6,9H,7H2,1-5H3,(H2,13,15,16). The molecule has 4 nitrogen and oxygen atoms in total. The molecule has 0 radical (unpaired) electrons. The Morgan fingerprint density at radius 2 is 2.28 bits per heavy atom. The first-order valence-electron chi connectivity index (χ1n) is 5.85. The van der Waals surface area contributed by atoms with Crippen molar-refractivity contribution in [1.82, 2.24) is 15.6 Å². The van der Waals surface area contributed by atoms with E-state index in [1.54, 1.807) is 23.1 Å². The summed E-state index contributed by atoms with van der Waals surface area (Å²) in [6.07, 6.45) is 2.04. The minimum Gasteiger partial charge on any atom is -0.337 e. The lowest BCUT2D eigenvalue weighted by Crippen LogP contribution is -2.42.